The SMILES string of the molecule is CCOC(=O)C(=O)[C@@H](C)C(=O)OCC. The highest BCUT2D eigenvalue weighted by atomic mass is 16.5. The van der Waals surface area contributed by atoms with E-state index in [9.17, 15) is 14.4 Å². The zero-order valence-corrected chi connectivity index (χ0v) is 8.53. The van der Waals surface area contributed by atoms with Gasteiger partial charge in [0.25, 0.3) is 5.78 Å². The van der Waals surface area contributed by atoms with E-state index in [0.29, 0.717) is 0 Å². The van der Waals surface area contributed by atoms with Crippen molar-refractivity contribution in [3.05, 3.63) is 0 Å². The molecule has 0 radical (unpaired) electrons. The molecule has 0 fully saturated rings. The van der Waals surface area contributed by atoms with E-state index >= 15 is 0 Å². The molecular weight excluding hydrogens is 188 g/mol. The van der Waals surface area contributed by atoms with Gasteiger partial charge in [-0.3, -0.25) is 9.59 Å². The van der Waals surface area contributed by atoms with Crippen molar-refractivity contribution < 1.29 is 23.9 Å². The number of rotatable bonds is 5. The van der Waals surface area contributed by atoms with Gasteiger partial charge in [0, 0.05) is 0 Å². The lowest BCUT2D eigenvalue weighted by molar-refractivity contribution is -0.161. The van der Waals surface area contributed by atoms with Crippen LogP contribution in [0.15, 0.2) is 0 Å². The van der Waals surface area contributed by atoms with Gasteiger partial charge in [-0.1, -0.05) is 0 Å². The lowest BCUT2D eigenvalue weighted by atomic mass is 10.1. The van der Waals surface area contributed by atoms with Crippen LogP contribution in [0.2, 0.25) is 0 Å². The first-order valence-electron chi connectivity index (χ1n) is 4.42. The second-order valence-corrected chi connectivity index (χ2v) is 2.56. The first kappa shape index (κ1) is 12.6. The first-order valence-corrected chi connectivity index (χ1v) is 4.42. The molecule has 0 aromatic rings. The van der Waals surface area contributed by atoms with Gasteiger partial charge in [0.2, 0.25) is 0 Å². The minimum absolute atomic E-state index is 0.111. The molecule has 0 spiro atoms. The molecule has 0 aromatic heterocycles. The van der Waals surface area contributed by atoms with Crippen molar-refractivity contribution in [2.45, 2.75) is 20.8 Å². The molecule has 80 valence electrons. The van der Waals surface area contributed by atoms with E-state index in [1.807, 2.05) is 0 Å². The Morgan fingerprint density at radius 1 is 1.07 bits per heavy atom. The van der Waals surface area contributed by atoms with E-state index in [-0.39, 0.29) is 13.2 Å². The highest BCUT2D eigenvalue weighted by molar-refractivity contribution is 6.37. The highest BCUT2D eigenvalue weighted by Gasteiger charge is 2.29. The normalized spacial score (nSPS) is 11.6. The molecular formula is C9H14O5. The fourth-order valence-corrected chi connectivity index (χ4v) is 0.753. The molecule has 0 saturated heterocycles. The molecule has 0 rings (SSSR count). The van der Waals surface area contributed by atoms with E-state index in [1.165, 1.54) is 6.92 Å². The second kappa shape index (κ2) is 6.12. The number of ether oxygens (including phenoxy) is 2. The average Bonchev–Trinajstić information content (AvgIpc) is 2.16. The highest BCUT2D eigenvalue weighted by Crippen LogP contribution is 2.02. The number of hydrogen-bond donors (Lipinski definition) is 0. The molecule has 0 aromatic carbocycles. The number of hydrogen-bond acceptors (Lipinski definition) is 5. The van der Waals surface area contributed by atoms with Crippen LogP contribution in [0, 0.1) is 5.92 Å². The van der Waals surface area contributed by atoms with Crippen LogP contribution in [0.4, 0.5) is 0 Å². The van der Waals surface area contributed by atoms with Crippen LogP contribution < -0.4 is 0 Å². The molecule has 0 heterocycles. The van der Waals surface area contributed by atoms with Gasteiger partial charge < -0.3 is 9.47 Å². The summed E-state index contributed by atoms with van der Waals surface area (Å²) in [4.78, 5) is 33.1. The summed E-state index contributed by atoms with van der Waals surface area (Å²) >= 11 is 0. The Balaban J connectivity index is 4.24. The Kier molecular flexibility index (Phi) is 5.52. The Morgan fingerprint density at radius 3 is 2.00 bits per heavy atom. The number of carbonyl (C=O) groups excluding carboxylic acids is 3. The third kappa shape index (κ3) is 3.55. The molecule has 0 aliphatic heterocycles. The lowest BCUT2D eigenvalue weighted by Gasteiger charge is -2.07. The molecule has 0 aliphatic carbocycles. The minimum atomic E-state index is -1.09. The lowest BCUT2D eigenvalue weighted by Crippen LogP contribution is -2.30. The van der Waals surface area contributed by atoms with Crippen LogP contribution in [-0.2, 0) is 23.9 Å². The summed E-state index contributed by atoms with van der Waals surface area (Å²) in [7, 11) is 0. The second-order valence-electron chi connectivity index (χ2n) is 2.56. The van der Waals surface area contributed by atoms with Crippen LogP contribution in [0.3, 0.4) is 0 Å². The summed E-state index contributed by atoms with van der Waals surface area (Å²) < 4.78 is 9.04. The van der Waals surface area contributed by atoms with Crippen molar-refractivity contribution in [3.63, 3.8) is 0 Å². The molecule has 14 heavy (non-hydrogen) atoms. The van der Waals surface area contributed by atoms with Gasteiger partial charge in [0.15, 0.2) is 0 Å². The maximum absolute atomic E-state index is 11.2. The summed E-state index contributed by atoms with van der Waals surface area (Å²) in [6, 6.07) is 0. The van der Waals surface area contributed by atoms with Gasteiger partial charge in [-0.2, -0.15) is 0 Å². The largest absolute Gasteiger partial charge is 0.465 e. The first-order chi connectivity index (χ1) is 6.54. The summed E-state index contributed by atoms with van der Waals surface area (Å²) in [6.45, 7) is 4.82. The van der Waals surface area contributed by atoms with Crippen LogP contribution in [0.25, 0.3) is 0 Å². The number of Topliss-reactive ketones (excluding diaryl/α,β-unsaturated/α-hetero) is 1. The topological polar surface area (TPSA) is 69.7 Å². The van der Waals surface area contributed by atoms with E-state index < -0.39 is 23.6 Å². The van der Waals surface area contributed by atoms with Crippen molar-refractivity contribution in [2.24, 2.45) is 5.92 Å². The monoisotopic (exact) mass is 202 g/mol. The van der Waals surface area contributed by atoms with Gasteiger partial charge >= 0.3 is 11.9 Å². The summed E-state index contributed by atoms with van der Waals surface area (Å²) in [5.41, 5.74) is 0. The molecule has 5 heteroatoms. The average molecular weight is 202 g/mol. The zero-order chi connectivity index (χ0) is 11.1. The van der Waals surface area contributed by atoms with E-state index in [2.05, 4.69) is 9.47 Å². The van der Waals surface area contributed by atoms with Crippen molar-refractivity contribution in [2.75, 3.05) is 13.2 Å². The van der Waals surface area contributed by atoms with Gasteiger partial charge in [-0.15, -0.1) is 0 Å². The van der Waals surface area contributed by atoms with Crippen LogP contribution >= 0.6 is 0 Å². The zero-order valence-electron chi connectivity index (χ0n) is 8.53. The Bertz CT molecular complexity index is 233. The van der Waals surface area contributed by atoms with E-state index in [4.69, 9.17) is 0 Å². The van der Waals surface area contributed by atoms with Crippen molar-refractivity contribution in [1.29, 1.82) is 0 Å². The van der Waals surface area contributed by atoms with Gasteiger partial charge in [0.05, 0.1) is 13.2 Å². The predicted octanol–water partition coefficient (Wildman–Crippen LogP) is 0.318. The number of esters is 2. The molecule has 1 atom stereocenters. The van der Waals surface area contributed by atoms with Crippen molar-refractivity contribution in [3.8, 4) is 0 Å². The van der Waals surface area contributed by atoms with Crippen molar-refractivity contribution in [1.82, 2.24) is 0 Å². The van der Waals surface area contributed by atoms with Crippen molar-refractivity contribution >= 4 is 17.7 Å². The summed E-state index contributed by atoms with van der Waals surface area (Å²) in [5.74, 6) is -3.65. The smallest absolute Gasteiger partial charge is 0.375 e. The molecule has 0 aliphatic rings. The number of ketones is 1. The third-order valence-corrected chi connectivity index (χ3v) is 1.51. The Morgan fingerprint density at radius 2 is 1.57 bits per heavy atom. The third-order valence-electron chi connectivity index (χ3n) is 1.51. The summed E-state index contributed by atoms with van der Waals surface area (Å²) in [5, 5.41) is 0. The van der Waals surface area contributed by atoms with E-state index in [0.717, 1.165) is 0 Å². The summed E-state index contributed by atoms with van der Waals surface area (Å²) in [6.07, 6.45) is 0. The fourth-order valence-electron chi connectivity index (χ4n) is 0.753. The quantitative estimate of drug-likeness (QED) is 0.364. The number of carbonyl (C=O) groups is 3. The predicted molar refractivity (Wildman–Crippen MR) is 47.4 cm³/mol. The molecule has 0 saturated carbocycles. The van der Waals surface area contributed by atoms with Gasteiger partial charge in [-0.05, 0) is 20.8 Å². The maximum atomic E-state index is 11.2. The fraction of sp³-hybridized carbons (Fsp3) is 0.667. The molecule has 0 amide bonds. The van der Waals surface area contributed by atoms with Crippen LogP contribution in [-0.4, -0.2) is 30.9 Å². The molecule has 0 unspecified atom stereocenters. The standard InChI is InChI=1S/C9H14O5/c1-4-13-8(11)6(3)7(10)9(12)14-5-2/h6H,4-5H2,1-3H3/t6-/m1/s1. The molecule has 0 N–H and O–H groups in total. The molecule has 0 bridgehead atoms. The maximum Gasteiger partial charge on any atom is 0.375 e. The van der Waals surface area contributed by atoms with Crippen LogP contribution in [0.1, 0.15) is 20.8 Å². The van der Waals surface area contributed by atoms with Gasteiger partial charge in [-0.25, -0.2) is 4.79 Å². The van der Waals surface area contributed by atoms with Crippen LogP contribution in [0.5, 0.6) is 0 Å². The Labute approximate surface area is 82.4 Å². The minimum Gasteiger partial charge on any atom is -0.465 e. The molecule has 5 nitrogen and oxygen atoms in total. The van der Waals surface area contributed by atoms with Gasteiger partial charge in [0.1, 0.15) is 5.92 Å². The van der Waals surface area contributed by atoms with E-state index in [1.54, 1.807) is 13.8 Å². The Hall–Kier alpha value is -1.39.